The van der Waals surface area contributed by atoms with Gasteiger partial charge in [-0.05, 0) is 43.1 Å². The van der Waals surface area contributed by atoms with Gasteiger partial charge in [-0.2, -0.15) is 5.26 Å². The van der Waals surface area contributed by atoms with E-state index in [2.05, 4.69) is 67.7 Å². The lowest BCUT2D eigenvalue weighted by molar-refractivity contribution is -0.113. The number of hydrogen-bond donors (Lipinski definition) is 1. The molecule has 0 spiro atoms. The van der Waals surface area contributed by atoms with E-state index in [-0.39, 0.29) is 23.0 Å². The Morgan fingerprint density at radius 2 is 2.13 bits per heavy atom. The van der Waals surface area contributed by atoms with E-state index >= 15 is 0 Å². The summed E-state index contributed by atoms with van der Waals surface area (Å²) in [5.41, 5.74) is 2.04. The van der Waals surface area contributed by atoms with E-state index in [1.165, 1.54) is 16.6 Å². The number of nitriles is 1. The molecule has 0 radical (unpaired) electrons. The standard InChI is InChI=1S/C22H31N5OS2/c1-7-27-19(13(2)3)25-26-21(27)29-12-18(28)24-20-16(11-23)15-9-8-14(22(4,5)6)10-17(15)30-20/h13-14H,7-10,12H2,1-6H3,(H,24,28)/t14-/m1/s1. The third-order valence-corrected chi connectivity index (χ3v) is 7.90. The topological polar surface area (TPSA) is 83.6 Å². The molecule has 1 amide bonds. The Kier molecular flexibility index (Phi) is 6.93. The monoisotopic (exact) mass is 445 g/mol. The maximum Gasteiger partial charge on any atom is 0.235 e. The van der Waals surface area contributed by atoms with E-state index in [9.17, 15) is 10.1 Å². The van der Waals surface area contributed by atoms with Crippen molar-refractivity contribution in [2.75, 3.05) is 11.1 Å². The Balaban J connectivity index is 1.70. The first-order chi connectivity index (χ1) is 14.2. The van der Waals surface area contributed by atoms with Crippen LogP contribution >= 0.6 is 23.1 Å². The SMILES string of the molecule is CCn1c(SCC(=O)Nc2sc3c(c2C#N)CC[C@@H](C(C)(C)C)C3)nnc1C(C)C. The van der Waals surface area contributed by atoms with Gasteiger partial charge in [0.05, 0.1) is 11.3 Å². The van der Waals surface area contributed by atoms with E-state index in [1.54, 1.807) is 11.3 Å². The quantitative estimate of drug-likeness (QED) is 0.615. The molecule has 0 aromatic carbocycles. The molecule has 6 nitrogen and oxygen atoms in total. The molecule has 1 N–H and O–H groups in total. The maximum atomic E-state index is 12.6. The Morgan fingerprint density at radius 3 is 2.73 bits per heavy atom. The number of amides is 1. The van der Waals surface area contributed by atoms with Crippen molar-refractivity contribution in [1.82, 2.24) is 14.8 Å². The second-order valence-electron chi connectivity index (χ2n) is 9.20. The van der Waals surface area contributed by atoms with Crippen LogP contribution in [0.4, 0.5) is 5.00 Å². The lowest BCUT2D eigenvalue weighted by atomic mass is 9.72. The smallest absolute Gasteiger partial charge is 0.235 e. The molecule has 0 saturated heterocycles. The highest BCUT2D eigenvalue weighted by Crippen LogP contribution is 2.44. The third kappa shape index (κ3) is 4.73. The summed E-state index contributed by atoms with van der Waals surface area (Å²) >= 11 is 2.96. The van der Waals surface area contributed by atoms with Crippen LogP contribution in [0.2, 0.25) is 0 Å². The summed E-state index contributed by atoms with van der Waals surface area (Å²) in [6, 6.07) is 2.33. The van der Waals surface area contributed by atoms with Gasteiger partial charge in [-0.3, -0.25) is 4.79 Å². The van der Waals surface area contributed by atoms with E-state index in [0.717, 1.165) is 42.4 Å². The van der Waals surface area contributed by atoms with Gasteiger partial charge in [-0.15, -0.1) is 21.5 Å². The number of anilines is 1. The van der Waals surface area contributed by atoms with Gasteiger partial charge >= 0.3 is 0 Å². The number of hydrogen-bond acceptors (Lipinski definition) is 6. The van der Waals surface area contributed by atoms with E-state index in [0.29, 0.717) is 16.5 Å². The predicted octanol–water partition coefficient (Wildman–Crippen LogP) is 5.24. The first kappa shape index (κ1) is 22.8. The molecule has 30 heavy (non-hydrogen) atoms. The molecule has 2 aromatic rings. The number of thiophene rings is 1. The van der Waals surface area contributed by atoms with Gasteiger partial charge in [0.2, 0.25) is 5.91 Å². The van der Waals surface area contributed by atoms with Gasteiger partial charge in [-0.1, -0.05) is 46.4 Å². The number of carbonyl (C=O) groups is 1. The molecule has 0 fully saturated rings. The van der Waals surface area contributed by atoms with Crippen molar-refractivity contribution < 1.29 is 4.79 Å². The fraction of sp³-hybridized carbons (Fsp3) is 0.636. The molecule has 3 rings (SSSR count). The van der Waals surface area contributed by atoms with Crippen molar-refractivity contribution in [2.45, 2.75) is 78.4 Å². The molecule has 1 aliphatic rings. The van der Waals surface area contributed by atoms with Crippen LogP contribution in [-0.2, 0) is 24.2 Å². The van der Waals surface area contributed by atoms with Gasteiger partial charge in [0, 0.05) is 17.3 Å². The van der Waals surface area contributed by atoms with Crippen molar-refractivity contribution in [2.24, 2.45) is 11.3 Å². The second-order valence-corrected chi connectivity index (χ2v) is 11.2. The van der Waals surface area contributed by atoms with Gasteiger partial charge in [0.25, 0.3) is 0 Å². The molecule has 8 heteroatoms. The van der Waals surface area contributed by atoms with Crippen molar-refractivity contribution in [3.05, 3.63) is 21.8 Å². The highest BCUT2D eigenvalue weighted by Gasteiger charge is 2.32. The zero-order chi connectivity index (χ0) is 22.1. The average Bonchev–Trinajstić information content (AvgIpc) is 3.25. The van der Waals surface area contributed by atoms with Crippen LogP contribution in [0, 0.1) is 22.7 Å². The molecule has 1 aliphatic carbocycles. The number of carbonyl (C=O) groups excluding carboxylic acids is 1. The van der Waals surface area contributed by atoms with Gasteiger partial charge < -0.3 is 9.88 Å². The van der Waals surface area contributed by atoms with Gasteiger partial charge in [0.15, 0.2) is 5.16 Å². The molecule has 0 bridgehead atoms. The van der Waals surface area contributed by atoms with Crippen molar-refractivity contribution >= 4 is 34.0 Å². The molecule has 0 aliphatic heterocycles. The maximum absolute atomic E-state index is 12.6. The molecule has 0 unspecified atom stereocenters. The zero-order valence-electron chi connectivity index (χ0n) is 18.7. The fourth-order valence-electron chi connectivity index (χ4n) is 3.96. The number of thioether (sulfide) groups is 1. The normalized spacial score (nSPS) is 16.4. The van der Waals surface area contributed by atoms with Crippen molar-refractivity contribution in [3.8, 4) is 6.07 Å². The largest absolute Gasteiger partial charge is 0.316 e. The van der Waals surface area contributed by atoms with Crippen LogP contribution < -0.4 is 5.32 Å². The van der Waals surface area contributed by atoms with Crippen molar-refractivity contribution in [1.29, 1.82) is 5.26 Å². The predicted molar refractivity (Wildman–Crippen MR) is 123 cm³/mol. The summed E-state index contributed by atoms with van der Waals surface area (Å²) in [5, 5.41) is 22.7. The Labute approximate surface area is 187 Å². The second kappa shape index (κ2) is 9.11. The number of rotatable bonds is 6. The zero-order valence-corrected chi connectivity index (χ0v) is 20.3. The van der Waals surface area contributed by atoms with Crippen LogP contribution in [-0.4, -0.2) is 26.4 Å². The first-order valence-electron chi connectivity index (χ1n) is 10.6. The lowest BCUT2D eigenvalue weighted by Gasteiger charge is -2.33. The third-order valence-electron chi connectivity index (χ3n) is 5.77. The summed E-state index contributed by atoms with van der Waals surface area (Å²) in [5.74, 6) is 1.96. The van der Waals surface area contributed by atoms with E-state index < -0.39 is 0 Å². The number of fused-ring (bicyclic) bond motifs is 1. The van der Waals surface area contributed by atoms with Crippen LogP contribution in [0.3, 0.4) is 0 Å². The van der Waals surface area contributed by atoms with Crippen molar-refractivity contribution in [3.63, 3.8) is 0 Å². The number of aromatic nitrogens is 3. The molecular formula is C22H31N5OS2. The summed E-state index contributed by atoms with van der Waals surface area (Å²) in [6.45, 7) is 13.8. The minimum absolute atomic E-state index is 0.112. The summed E-state index contributed by atoms with van der Waals surface area (Å²) < 4.78 is 2.06. The minimum atomic E-state index is -0.112. The van der Waals surface area contributed by atoms with Gasteiger partial charge in [0.1, 0.15) is 16.9 Å². The first-order valence-corrected chi connectivity index (χ1v) is 12.4. The van der Waals surface area contributed by atoms with Crippen LogP contribution in [0.25, 0.3) is 0 Å². The summed E-state index contributed by atoms with van der Waals surface area (Å²) in [7, 11) is 0. The summed E-state index contributed by atoms with van der Waals surface area (Å²) in [4.78, 5) is 13.9. The lowest BCUT2D eigenvalue weighted by Crippen LogP contribution is -2.26. The fourth-order valence-corrected chi connectivity index (χ4v) is 6.06. The number of nitrogens with one attached hydrogen (secondary N) is 1. The summed E-state index contributed by atoms with van der Waals surface area (Å²) in [6.07, 6.45) is 3.00. The molecule has 2 aromatic heterocycles. The molecular weight excluding hydrogens is 414 g/mol. The van der Waals surface area contributed by atoms with Crippen LogP contribution in [0.15, 0.2) is 5.16 Å². The molecule has 2 heterocycles. The Morgan fingerprint density at radius 1 is 1.40 bits per heavy atom. The van der Waals surface area contributed by atoms with Crippen LogP contribution in [0.1, 0.15) is 75.7 Å². The number of nitrogens with zero attached hydrogens (tertiary/aromatic N) is 4. The minimum Gasteiger partial charge on any atom is -0.316 e. The van der Waals surface area contributed by atoms with E-state index in [4.69, 9.17) is 0 Å². The van der Waals surface area contributed by atoms with E-state index in [1.807, 2.05) is 0 Å². The molecule has 0 saturated carbocycles. The molecule has 1 atom stereocenters. The average molecular weight is 446 g/mol. The highest BCUT2D eigenvalue weighted by molar-refractivity contribution is 7.99. The van der Waals surface area contributed by atoms with Crippen LogP contribution in [0.5, 0.6) is 0 Å². The Hall–Kier alpha value is -1.85. The Bertz CT molecular complexity index is 962. The molecule has 162 valence electrons. The highest BCUT2D eigenvalue weighted by atomic mass is 32.2. The van der Waals surface area contributed by atoms with Gasteiger partial charge in [-0.25, -0.2) is 0 Å².